The molecule has 1 aromatic heterocycles. The van der Waals surface area contributed by atoms with Crippen LogP contribution < -0.4 is 4.90 Å². The van der Waals surface area contributed by atoms with Gasteiger partial charge in [-0.05, 0) is 29.8 Å². The highest BCUT2D eigenvalue weighted by atomic mass is 35.5. The van der Waals surface area contributed by atoms with E-state index >= 15 is 0 Å². The highest BCUT2D eigenvalue weighted by molar-refractivity contribution is 6.30. The molecule has 6 nitrogen and oxygen atoms in total. The van der Waals surface area contributed by atoms with Crippen molar-refractivity contribution >= 4 is 23.3 Å². The van der Waals surface area contributed by atoms with Gasteiger partial charge in [0.1, 0.15) is 5.82 Å². The summed E-state index contributed by atoms with van der Waals surface area (Å²) in [6.45, 7) is 8.48. The molecule has 154 valence electrons. The molecule has 0 atom stereocenters. The number of piperazine rings is 2. The van der Waals surface area contributed by atoms with Gasteiger partial charge in [-0.1, -0.05) is 29.8 Å². The molecule has 2 fully saturated rings. The van der Waals surface area contributed by atoms with Crippen molar-refractivity contribution in [1.82, 2.24) is 19.7 Å². The van der Waals surface area contributed by atoms with Crippen LogP contribution in [0.1, 0.15) is 5.56 Å². The quantitative estimate of drug-likeness (QED) is 0.751. The Balaban J connectivity index is 1.19. The van der Waals surface area contributed by atoms with Gasteiger partial charge in [-0.3, -0.25) is 14.6 Å². The van der Waals surface area contributed by atoms with Crippen molar-refractivity contribution < 1.29 is 4.79 Å². The monoisotopic (exact) mass is 413 g/mol. The molecular formula is C22H28ClN5O. The van der Waals surface area contributed by atoms with E-state index in [0.717, 1.165) is 69.7 Å². The Morgan fingerprint density at radius 3 is 2.34 bits per heavy atom. The van der Waals surface area contributed by atoms with Gasteiger partial charge < -0.3 is 9.80 Å². The second-order valence-corrected chi connectivity index (χ2v) is 8.17. The summed E-state index contributed by atoms with van der Waals surface area (Å²) in [5.74, 6) is 1.24. The fraction of sp³-hybridized carbons (Fsp3) is 0.455. The molecular weight excluding hydrogens is 386 g/mol. The van der Waals surface area contributed by atoms with Gasteiger partial charge in [0.15, 0.2) is 0 Å². The van der Waals surface area contributed by atoms with Crippen molar-refractivity contribution in [3.05, 3.63) is 59.2 Å². The predicted molar refractivity (Wildman–Crippen MR) is 116 cm³/mol. The van der Waals surface area contributed by atoms with E-state index in [9.17, 15) is 4.79 Å². The Morgan fingerprint density at radius 2 is 1.66 bits per heavy atom. The number of nitrogens with zero attached hydrogens (tertiary/aromatic N) is 5. The second-order valence-electron chi connectivity index (χ2n) is 7.74. The largest absolute Gasteiger partial charge is 0.353 e. The maximum absolute atomic E-state index is 12.7. The number of carbonyl (C=O) groups is 1. The summed E-state index contributed by atoms with van der Waals surface area (Å²) >= 11 is 6.09. The molecule has 2 aromatic rings. The average molecular weight is 414 g/mol. The van der Waals surface area contributed by atoms with Crippen LogP contribution in [0.5, 0.6) is 0 Å². The van der Waals surface area contributed by atoms with Crippen LogP contribution in [0.4, 0.5) is 5.82 Å². The smallest absolute Gasteiger partial charge is 0.236 e. The lowest BCUT2D eigenvalue weighted by Gasteiger charge is -2.38. The first kappa shape index (κ1) is 20.1. The Bertz CT molecular complexity index is 802. The molecule has 4 rings (SSSR count). The molecule has 0 N–H and O–H groups in total. The first-order valence-corrected chi connectivity index (χ1v) is 10.7. The number of hydrogen-bond donors (Lipinski definition) is 0. The molecule has 1 aromatic carbocycles. The first-order valence-electron chi connectivity index (χ1n) is 10.3. The van der Waals surface area contributed by atoms with Gasteiger partial charge in [-0.25, -0.2) is 4.98 Å². The molecule has 0 bridgehead atoms. The zero-order chi connectivity index (χ0) is 20.1. The molecule has 1 amide bonds. The molecule has 0 unspecified atom stereocenters. The summed E-state index contributed by atoms with van der Waals surface area (Å²) in [4.78, 5) is 26.1. The van der Waals surface area contributed by atoms with Crippen molar-refractivity contribution in [2.24, 2.45) is 0 Å². The maximum atomic E-state index is 12.7. The van der Waals surface area contributed by atoms with Crippen molar-refractivity contribution in [2.75, 3.05) is 63.8 Å². The van der Waals surface area contributed by atoms with E-state index < -0.39 is 0 Å². The molecule has 7 heteroatoms. The highest BCUT2D eigenvalue weighted by Crippen LogP contribution is 2.15. The summed E-state index contributed by atoms with van der Waals surface area (Å²) in [7, 11) is 0. The van der Waals surface area contributed by atoms with Gasteiger partial charge in [-0.2, -0.15) is 0 Å². The van der Waals surface area contributed by atoms with Gasteiger partial charge in [0.2, 0.25) is 5.91 Å². The minimum absolute atomic E-state index is 0.244. The van der Waals surface area contributed by atoms with Gasteiger partial charge in [-0.15, -0.1) is 0 Å². The lowest BCUT2D eigenvalue weighted by atomic mass is 10.2. The Kier molecular flexibility index (Phi) is 6.64. The van der Waals surface area contributed by atoms with Crippen molar-refractivity contribution in [2.45, 2.75) is 6.54 Å². The summed E-state index contributed by atoms with van der Waals surface area (Å²) in [5.41, 5.74) is 1.24. The predicted octanol–water partition coefficient (Wildman–Crippen LogP) is 2.20. The summed E-state index contributed by atoms with van der Waals surface area (Å²) < 4.78 is 0. The van der Waals surface area contributed by atoms with Crippen LogP contribution in [0.25, 0.3) is 0 Å². The van der Waals surface area contributed by atoms with E-state index in [0.29, 0.717) is 6.54 Å². The third kappa shape index (κ3) is 5.47. The third-order valence-electron chi connectivity index (χ3n) is 5.72. The van der Waals surface area contributed by atoms with Crippen molar-refractivity contribution in [3.8, 4) is 0 Å². The normalized spacial score (nSPS) is 18.8. The SMILES string of the molecule is O=C(CN1CCN(Cc2cccc(Cl)c2)CC1)N1CCN(c2ccccn2)CC1. The number of halogens is 1. The van der Waals surface area contributed by atoms with E-state index in [4.69, 9.17) is 11.6 Å². The highest BCUT2D eigenvalue weighted by Gasteiger charge is 2.25. The number of anilines is 1. The van der Waals surface area contributed by atoms with Crippen molar-refractivity contribution in [1.29, 1.82) is 0 Å². The summed E-state index contributed by atoms with van der Waals surface area (Å²) in [5, 5.41) is 0.787. The molecule has 2 saturated heterocycles. The van der Waals surface area contributed by atoms with Crippen LogP contribution in [0, 0.1) is 0 Å². The number of pyridine rings is 1. The Labute approximate surface area is 177 Å². The van der Waals surface area contributed by atoms with Crippen LogP contribution >= 0.6 is 11.6 Å². The number of benzene rings is 1. The number of carbonyl (C=O) groups excluding carboxylic acids is 1. The van der Waals surface area contributed by atoms with Crippen molar-refractivity contribution in [3.63, 3.8) is 0 Å². The zero-order valence-electron chi connectivity index (χ0n) is 16.7. The van der Waals surface area contributed by atoms with Crippen LogP contribution in [-0.2, 0) is 11.3 Å². The maximum Gasteiger partial charge on any atom is 0.236 e. The molecule has 3 heterocycles. The lowest BCUT2D eigenvalue weighted by molar-refractivity contribution is -0.133. The Morgan fingerprint density at radius 1 is 0.897 bits per heavy atom. The van der Waals surface area contributed by atoms with E-state index in [1.165, 1.54) is 5.56 Å². The van der Waals surface area contributed by atoms with E-state index in [2.05, 4.69) is 25.8 Å². The first-order chi connectivity index (χ1) is 14.2. The average Bonchev–Trinajstić information content (AvgIpc) is 2.76. The molecule has 2 aliphatic heterocycles. The van der Waals surface area contributed by atoms with E-state index in [1.54, 1.807) is 0 Å². The summed E-state index contributed by atoms with van der Waals surface area (Å²) in [6, 6.07) is 14.0. The van der Waals surface area contributed by atoms with Gasteiger partial charge >= 0.3 is 0 Å². The van der Waals surface area contributed by atoms with Gasteiger partial charge in [0.05, 0.1) is 6.54 Å². The molecule has 2 aliphatic rings. The zero-order valence-corrected chi connectivity index (χ0v) is 17.5. The fourth-order valence-electron chi connectivity index (χ4n) is 4.02. The summed E-state index contributed by atoms with van der Waals surface area (Å²) in [6.07, 6.45) is 1.82. The lowest BCUT2D eigenvalue weighted by Crippen LogP contribution is -2.53. The molecule has 0 spiro atoms. The number of amides is 1. The van der Waals surface area contributed by atoms with Crippen LogP contribution in [0.2, 0.25) is 5.02 Å². The fourth-order valence-corrected chi connectivity index (χ4v) is 4.23. The number of rotatable bonds is 5. The number of hydrogen-bond acceptors (Lipinski definition) is 5. The van der Waals surface area contributed by atoms with Crippen LogP contribution in [0.15, 0.2) is 48.7 Å². The standard InChI is InChI=1S/C22H28ClN5O/c23-20-5-3-4-19(16-20)17-25-8-10-26(11-9-25)18-22(29)28-14-12-27(13-15-28)21-6-1-2-7-24-21/h1-7,16H,8-15,17-18H2. The molecule has 0 saturated carbocycles. The molecule has 0 aliphatic carbocycles. The van der Waals surface area contributed by atoms with Crippen LogP contribution in [-0.4, -0.2) is 84.5 Å². The molecule has 0 radical (unpaired) electrons. The Hall–Kier alpha value is -2.15. The second kappa shape index (κ2) is 9.57. The molecule has 29 heavy (non-hydrogen) atoms. The topological polar surface area (TPSA) is 42.9 Å². The van der Waals surface area contributed by atoms with E-state index in [-0.39, 0.29) is 5.91 Å². The minimum atomic E-state index is 0.244. The third-order valence-corrected chi connectivity index (χ3v) is 5.96. The van der Waals surface area contributed by atoms with Crippen LogP contribution in [0.3, 0.4) is 0 Å². The van der Waals surface area contributed by atoms with Gasteiger partial charge in [0.25, 0.3) is 0 Å². The van der Waals surface area contributed by atoms with E-state index in [1.807, 2.05) is 47.5 Å². The minimum Gasteiger partial charge on any atom is -0.353 e. The number of aromatic nitrogens is 1. The van der Waals surface area contributed by atoms with Gasteiger partial charge in [0, 0.05) is 70.1 Å².